The number of aliphatic hydroxyl groups excluding tert-OH is 3. The molecule has 0 unspecified atom stereocenters. The number of aliphatic hydroxyl groups is 4. The fourth-order valence-corrected chi connectivity index (χ4v) is 7.95. The van der Waals surface area contributed by atoms with E-state index in [2.05, 4.69) is 0 Å². The van der Waals surface area contributed by atoms with E-state index < -0.39 is 76.8 Å². The van der Waals surface area contributed by atoms with Crippen molar-refractivity contribution in [3.63, 3.8) is 0 Å². The van der Waals surface area contributed by atoms with Crippen LogP contribution in [0.2, 0.25) is 0 Å². The van der Waals surface area contributed by atoms with Gasteiger partial charge in [0.25, 0.3) is 0 Å². The zero-order chi connectivity index (χ0) is 22.7. The molecule has 0 amide bonds. The Bertz CT molecular complexity index is 884. The van der Waals surface area contributed by atoms with Gasteiger partial charge in [-0.15, -0.1) is 0 Å². The van der Waals surface area contributed by atoms with Crippen molar-refractivity contribution in [1.29, 1.82) is 0 Å². The lowest BCUT2D eigenvalue weighted by atomic mass is 9.39. The van der Waals surface area contributed by atoms with Gasteiger partial charge < -0.3 is 34.6 Å². The molecular formula is C22H30O9. The molecule has 5 aliphatic rings. The number of carbonyl (C=O) groups is 2. The summed E-state index contributed by atoms with van der Waals surface area (Å²) in [6.07, 6.45) is -5.00. The molecule has 2 aliphatic heterocycles. The van der Waals surface area contributed by atoms with Crippen molar-refractivity contribution in [2.24, 2.45) is 28.6 Å². The maximum atomic E-state index is 12.9. The zero-order valence-corrected chi connectivity index (χ0v) is 18.1. The van der Waals surface area contributed by atoms with Gasteiger partial charge in [0.1, 0.15) is 12.2 Å². The second-order valence-corrected chi connectivity index (χ2v) is 10.3. The van der Waals surface area contributed by atoms with E-state index in [1.54, 1.807) is 13.8 Å². The number of fused-ring (bicyclic) bond motifs is 1. The third-order valence-electron chi connectivity index (χ3n) is 8.97. The van der Waals surface area contributed by atoms with E-state index in [-0.39, 0.29) is 13.0 Å². The molecule has 31 heavy (non-hydrogen) atoms. The van der Waals surface area contributed by atoms with Crippen LogP contribution >= 0.6 is 0 Å². The molecule has 4 N–H and O–H groups in total. The monoisotopic (exact) mass is 438 g/mol. The summed E-state index contributed by atoms with van der Waals surface area (Å²) < 4.78 is 17.1. The van der Waals surface area contributed by atoms with E-state index in [1.165, 1.54) is 6.92 Å². The minimum atomic E-state index is -2.02. The number of hydrogen-bond acceptors (Lipinski definition) is 9. The maximum Gasteiger partial charge on any atom is 0.348 e. The summed E-state index contributed by atoms with van der Waals surface area (Å²) in [5.74, 6) is -5.56. The van der Waals surface area contributed by atoms with Gasteiger partial charge in [-0.2, -0.15) is 0 Å². The highest BCUT2D eigenvalue weighted by Gasteiger charge is 2.82. The fourth-order valence-electron chi connectivity index (χ4n) is 7.95. The van der Waals surface area contributed by atoms with Crippen LogP contribution in [0.3, 0.4) is 0 Å². The molecule has 0 radical (unpaired) electrons. The summed E-state index contributed by atoms with van der Waals surface area (Å²) in [7, 11) is 0. The molecule has 0 aromatic carbocycles. The summed E-state index contributed by atoms with van der Waals surface area (Å²) in [5, 5.41) is 44.7. The number of carbonyl (C=O) groups excluding carboxylic acids is 2. The molecule has 2 heterocycles. The predicted molar refractivity (Wildman–Crippen MR) is 103 cm³/mol. The van der Waals surface area contributed by atoms with Crippen molar-refractivity contribution >= 4 is 11.9 Å². The minimum Gasteiger partial charge on any atom is -0.459 e. The molecular weight excluding hydrogens is 408 g/mol. The number of esters is 2. The molecule has 9 heteroatoms. The highest BCUT2D eigenvalue weighted by molar-refractivity contribution is 5.80. The Labute approximate surface area is 180 Å². The Morgan fingerprint density at radius 2 is 1.87 bits per heavy atom. The molecule has 1 spiro atoms. The number of rotatable bonds is 1. The average molecular weight is 438 g/mol. The lowest BCUT2D eigenvalue weighted by Gasteiger charge is -2.67. The third-order valence-corrected chi connectivity index (χ3v) is 8.97. The van der Waals surface area contributed by atoms with Crippen LogP contribution in [-0.2, 0) is 23.8 Å². The van der Waals surface area contributed by atoms with Gasteiger partial charge in [0.05, 0.1) is 18.8 Å². The van der Waals surface area contributed by atoms with Crippen LogP contribution < -0.4 is 0 Å². The van der Waals surface area contributed by atoms with Gasteiger partial charge >= 0.3 is 11.9 Å². The van der Waals surface area contributed by atoms with Crippen LogP contribution in [0.15, 0.2) is 11.1 Å². The van der Waals surface area contributed by atoms with Crippen LogP contribution in [0.4, 0.5) is 0 Å². The fraction of sp³-hybridized carbons (Fsp3) is 0.818. The molecule has 3 aliphatic carbocycles. The van der Waals surface area contributed by atoms with Crippen LogP contribution in [0.5, 0.6) is 0 Å². The molecule has 0 aromatic heterocycles. The van der Waals surface area contributed by atoms with Gasteiger partial charge in [-0.05, 0) is 19.3 Å². The minimum absolute atomic E-state index is 0.0271. The van der Waals surface area contributed by atoms with Gasteiger partial charge in [0.2, 0.25) is 6.10 Å². The Hall–Kier alpha value is -1.52. The first-order valence-electron chi connectivity index (χ1n) is 10.9. The van der Waals surface area contributed by atoms with Gasteiger partial charge in [-0.1, -0.05) is 25.0 Å². The van der Waals surface area contributed by atoms with Gasteiger partial charge in [0.15, 0.2) is 5.79 Å². The first-order chi connectivity index (χ1) is 14.4. The maximum absolute atomic E-state index is 12.9. The Kier molecular flexibility index (Phi) is 4.33. The van der Waals surface area contributed by atoms with Crippen LogP contribution in [0.25, 0.3) is 0 Å². The van der Waals surface area contributed by atoms with Gasteiger partial charge in [0, 0.05) is 36.0 Å². The lowest BCUT2D eigenvalue weighted by molar-refractivity contribution is -0.330. The first-order valence-corrected chi connectivity index (χ1v) is 10.9. The van der Waals surface area contributed by atoms with E-state index in [9.17, 15) is 30.0 Å². The second-order valence-electron chi connectivity index (χ2n) is 10.3. The van der Waals surface area contributed by atoms with Crippen molar-refractivity contribution in [3.05, 3.63) is 11.1 Å². The predicted octanol–water partition coefficient (Wildman–Crippen LogP) is -0.356. The summed E-state index contributed by atoms with van der Waals surface area (Å²) in [5.41, 5.74) is -0.467. The zero-order valence-electron chi connectivity index (χ0n) is 18.1. The summed E-state index contributed by atoms with van der Waals surface area (Å²) in [4.78, 5) is 24.7. The standard InChI is InChI=1S/C22H30O9/c1-8-5-12(24)17(26)20(4)11(8)6-13-21-7-29-22(28,19(20)21)16(25)9(2)14(21)15(18(27)31-13)30-10(3)23/h9,12-17,19,24-26,28H,5-7H2,1-4H3/t9-,12+,13-,14-,15-,16-,17-,19-,20-,21+,22+/m1/s1. The topological polar surface area (TPSA) is 143 Å². The Balaban J connectivity index is 1.77. The number of ether oxygens (including phenoxy) is 3. The highest BCUT2D eigenvalue weighted by Crippen LogP contribution is 2.73. The van der Waals surface area contributed by atoms with Crippen molar-refractivity contribution in [2.45, 2.75) is 76.8 Å². The molecule has 11 atom stereocenters. The van der Waals surface area contributed by atoms with Crippen molar-refractivity contribution < 1.29 is 44.2 Å². The Morgan fingerprint density at radius 1 is 1.19 bits per heavy atom. The summed E-state index contributed by atoms with van der Waals surface area (Å²) in [6.45, 7) is 6.51. The van der Waals surface area contributed by atoms with Crippen molar-refractivity contribution in [1.82, 2.24) is 0 Å². The summed E-state index contributed by atoms with van der Waals surface area (Å²) >= 11 is 0. The third kappa shape index (κ3) is 2.29. The van der Waals surface area contributed by atoms with E-state index in [0.717, 1.165) is 11.1 Å². The van der Waals surface area contributed by atoms with Gasteiger partial charge in [-0.3, -0.25) is 4.79 Å². The molecule has 2 saturated carbocycles. The van der Waals surface area contributed by atoms with E-state index in [0.29, 0.717) is 6.42 Å². The molecule has 172 valence electrons. The van der Waals surface area contributed by atoms with E-state index >= 15 is 0 Å². The van der Waals surface area contributed by atoms with Crippen LogP contribution in [-0.4, -0.2) is 75.3 Å². The Morgan fingerprint density at radius 3 is 2.52 bits per heavy atom. The van der Waals surface area contributed by atoms with Gasteiger partial charge in [-0.25, -0.2) is 4.79 Å². The second kappa shape index (κ2) is 6.29. The van der Waals surface area contributed by atoms with E-state index in [1.807, 2.05) is 6.92 Å². The van der Waals surface area contributed by atoms with E-state index in [4.69, 9.17) is 14.2 Å². The molecule has 9 nitrogen and oxygen atoms in total. The normalized spacial score (nSPS) is 55.3. The van der Waals surface area contributed by atoms with Crippen molar-refractivity contribution in [3.8, 4) is 0 Å². The average Bonchev–Trinajstić information content (AvgIpc) is 2.97. The summed E-state index contributed by atoms with van der Waals surface area (Å²) in [6, 6.07) is 0. The van der Waals surface area contributed by atoms with Crippen LogP contribution in [0.1, 0.15) is 40.5 Å². The number of hydrogen-bond donors (Lipinski definition) is 4. The van der Waals surface area contributed by atoms with Crippen LogP contribution in [0, 0.1) is 28.6 Å². The molecule has 2 saturated heterocycles. The highest BCUT2D eigenvalue weighted by atomic mass is 16.7. The molecule has 0 aromatic rings. The first kappa shape index (κ1) is 21.3. The molecule has 2 bridgehead atoms. The SMILES string of the molecule is CC(=O)O[C@H]1C(=O)O[C@@H]2CC3=C(C)C[C@H](O)[C@@H](O)[C@]3(C)[C@H]3[C@@]4(O)OC[C@]32[C@@H]1[C@@H](C)[C@H]4O. The largest absolute Gasteiger partial charge is 0.459 e. The molecule has 4 fully saturated rings. The lowest BCUT2D eigenvalue weighted by Crippen LogP contribution is -2.77. The molecule has 5 rings (SSSR count). The smallest absolute Gasteiger partial charge is 0.348 e. The quantitative estimate of drug-likeness (QED) is 0.319. The van der Waals surface area contributed by atoms with Crippen molar-refractivity contribution in [2.75, 3.05) is 6.61 Å².